The number of rotatable bonds is 6. The summed E-state index contributed by atoms with van der Waals surface area (Å²) in [5, 5.41) is 12.7. The van der Waals surface area contributed by atoms with Crippen LogP contribution in [-0.4, -0.2) is 5.91 Å². The average Bonchev–Trinajstić information content (AvgIpc) is 2.75. The number of nitrogens with zero attached hydrogens (tertiary/aromatic N) is 1. The van der Waals surface area contributed by atoms with Gasteiger partial charge in [0.25, 0.3) is 5.91 Å². The van der Waals surface area contributed by atoms with Gasteiger partial charge in [-0.05, 0) is 86.3 Å². The Morgan fingerprint density at radius 3 is 2.50 bits per heavy atom. The number of aryl methyl sites for hydroxylation is 1. The highest BCUT2D eigenvalue weighted by atomic mass is 79.9. The second-order valence-corrected chi connectivity index (χ2v) is 8.90. The summed E-state index contributed by atoms with van der Waals surface area (Å²) >= 11 is 13.0. The van der Waals surface area contributed by atoms with E-state index < -0.39 is 5.91 Å². The van der Waals surface area contributed by atoms with Gasteiger partial charge in [-0.25, -0.2) is 4.39 Å². The van der Waals surface area contributed by atoms with Crippen LogP contribution in [0.5, 0.6) is 5.75 Å². The predicted octanol–water partition coefficient (Wildman–Crippen LogP) is 7.44. The van der Waals surface area contributed by atoms with Crippen LogP contribution in [0.3, 0.4) is 0 Å². The number of carbonyl (C=O) groups is 1. The van der Waals surface area contributed by atoms with Crippen molar-refractivity contribution < 1.29 is 13.9 Å². The van der Waals surface area contributed by atoms with Crippen molar-refractivity contribution in [2.24, 2.45) is 0 Å². The molecule has 0 aliphatic rings. The van der Waals surface area contributed by atoms with Crippen molar-refractivity contribution in [1.29, 1.82) is 5.26 Å². The lowest BCUT2D eigenvalue weighted by atomic mass is 10.1. The summed E-state index contributed by atoms with van der Waals surface area (Å²) < 4.78 is 20.7. The molecule has 0 aromatic heterocycles. The number of halogens is 4. The molecule has 0 aliphatic heterocycles. The van der Waals surface area contributed by atoms with E-state index in [4.69, 9.17) is 16.3 Å². The lowest BCUT2D eigenvalue weighted by molar-refractivity contribution is -0.112. The molecule has 0 aliphatic carbocycles. The first-order valence-electron chi connectivity index (χ1n) is 9.33. The van der Waals surface area contributed by atoms with Crippen LogP contribution < -0.4 is 10.1 Å². The van der Waals surface area contributed by atoms with Gasteiger partial charge in [0.15, 0.2) is 0 Å². The second-order valence-electron chi connectivity index (χ2n) is 6.78. The Morgan fingerprint density at radius 2 is 1.88 bits per heavy atom. The van der Waals surface area contributed by atoms with Crippen molar-refractivity contribution in [3.05, 3.63) is 96.6 Å². The zero-order valence-electron chi connectivity index (χ0n) is 16.8. The van der Waals surface area contributed by atoms with Crippen LogP contribution in [0.1, 0.15) is 16.7 Å². The van der Waals surface area contributed by atoms with Crippen molar-refractivity contribution in [2.75, 3.05) is 5.32 Å². The standard InChI is InChI=1S/C24H16Br2ClFN2O2/c1-14-6-7-18(11-21(14)27)30-24(31)17(12-29)8-15-9-19(25)23(20(26)10-15)32-13-16-4-2-3-5-22(16)28/h2-11H,13H2,1H3,(H,30,31)/b17-8-. The quantitative estimate of drug-likeness (QED) is 0.244. The Kier molecular flexibility index (Phi) is 8.08. The summed E-state index contributed by atoms with van der Waals surface area (Å²) in [7, 11) is 0. The summed E-state index contributed by atoms with van der Waals surface area (Å²) in [6, 6.07) is 16.8. The molecular weight excluding hydrogens is 563 g/mol. The summed E-state index contributed by atoms with van der Waals surface area (Å²) in [6.07, 6.45) is 1.46. The Morgan fingerprint density at radius 1 is 1.19 bits per heavy atom. The van der Waals surface area contributed by atoms with Gasteiger partial charge in [0.2, 0.25) is 0 Å². The number of ether oxygens (including phenoxy) is 1. The molecule has 3 aromatic carbocycles. The zero-order valence-corrected chi connectivity index (χ0v) is 20.7. The SMILES string of the molecule is Cc1ccc(NC(=O)/C(C#N)=C\c2cc(Br)c(OCc3ccccc3F)c(Br)c2)cc1Cl. The van der Waals surface area contributed by atoms with E-state index in [0.29, 0.717) is 36.5 Å². The van der Waals surface area contributed by atoms with Gasteiger partial charge in [-0.3, -0.25) is 4.79 Å². The van der Waals surface area contributed by atoms with E-state index in [1.165, 1.54) is 12.1 Å². The van der Waals surface area contributed by atoms with Crippen LogP contribution in [0, 0.1) is 24.1 Å². The van der Waals surface area contributed by atoms with Crippen molar-refractivity contribution in [3.8, 4) is 11.8 Å². The van der Waals surface area contributed by atoms with E-state index in [0.717, 1.165) is 5.56 Å². The average molecular weight is 579 g/mol. The summed E-state index contributed by atoms with van der Waals surface area (Å²) in [5.74, 6) is -0.430. The maximum absolute atomic E-state index is 13.8. The fourth-order valence-electron chi connectivity index (χ4n) is 2.75. The van der Waals surface area contributed by atoms with E-state index in [-0.39, 0.29) is 18.0 Å². The van der Waals surface area contributed by atoms with E-state index in [9.17, 15) is 14.4 Å². The molecule has 8 heteroatoms. The molecule has 32 heavy (non-hydrogen) atoms. The Hall–Kier alpha value is -2.66. The van der Waals surface area contributed by atoms with Gasteiger partial charge < -0.3 is 10.1 Å². The van der Waals surface area contributed by atoms with Gasteiger partial charge in [-0.2, -0.15) is 5.26 Å². The maximum Gasteiger partial charge on any atom is 0.266 e. The van der Waals surface area contributed by atoms with E-state index in [1.807, 2.05) is 13.0 Å². The van der Waals surface area contributed by atoms with Crippen molar-refractivity contribution in [3.63, 3.8) is 0 Å². The normalized spacial score (nSPS) is 11.1. The van der Waals surface area contributed by atoms with Gasteiger partial charge >= 0.3 is 0 Å². The summed E-state index contributed by atoms with van der Waals surface area (Å²) in [4.78, 5) is 12.5. The van der Waals surface area contributed by atoms with Gasteiger partial charge in [0.1, 0.15) is 29.8 Å². The predicted molar refractivity (Wildman–Crippen MR) is 131 cm³/mol. The number of hydrogen-bond acceptors (Lipinski definition) is 3. The van der Waals surface area contributed by atoms with Gasteiger partial charge in [-0.1, -0.05) is 35.9 Å². The van der Waals surface area contributed by atoms with Gasteiger partial charge in [0, 0.05) is 16.3 Å². The first kappa shape index (κ1) is 24.0. The third-order valence-corrected chi connectivity index (χ3v) is 6.04. The molecule has 1 amide bonds. The third kappa shape index (κ3) is 5.98. The molecule has 0 saturated heterocycles. The molecule has 3 aromatic rings. The maximum atomic E-state index is 13.8. The van der Waals surface area contributed by atoms with Crippen LogP contribution >= 0.6 is 43.5 Å². The first-order chi connectivity index (χ1) is 15.3. The van der Waals surface area contributed by atoms with Crippen molar-refractivity contribution in [1.82, 2.24) is 0 Å². The number of nitrogens with one attached hydrogen (secondary N) is 1. The molecule has 0 fully saturated rings. The number of anilines is 1. The smallest absolute Gasteiger partial charge is 0.266 e. The molecule has 1 N–H and O–H groups in total. The fraction of sp³-hybridized carbons (Fsp3) is 0.0833. The number of amides is 1. The highest BCUT2D eigenvalue weighted by Crippen LogP contribution is 2.36. The molecule has 0 atom stereocenters. The topological polar surface area (TPSA) is 62.1 Å². The monoisotopic (exact) mass is 576 g/mol. The minimum atomic E-state index is -0.556. The number of hydrogen-bond donors (Lipinski definition) is 1. The van der Waals surface area contributed by atoms with Crippen molar-refractivity contribution >= 4 is 61.1 Å². The largest absolute Gasteiger partial charge is 0.486 e. The number of carbonyl (C=O) groups excluding carboxylic acids is 1. The zero-order chi connectivity index (χ0) is 23.3. The first-order valence-corrected chi connectivity index (χ1v) is 11.3. The van der Waals surface area contributed by atoms with Crippen LogP contribution in [0.2, 0.25) is 5.02 Å². The summed E-state index contributed by atoms with van der Waals surface area (Å²) in [6.45, 7) is 1.90. The van der Waals surface area contributed by atoms with Crippen LogP contribution in [0.25, 0.3) is 6.08 Å². The number of benzene rings is 3. The molecule has 0 heterocycles. The molecule has 0 radical (unpaired) electrons. The van der Waals surface area contributed by atoms with E-state index in [1.54, 1.807) is 48.5 Å². The highest BCUT2D eigenvalue weighted by Gasteiger charge is 2.14. The van der Waals surface area contributed by atoms with Crippen molar-refractivity contribution in [2.45, 2.75) is 13.5 Å². The van der Waals surface area contributed by atoms with Crippen LogP contribution in [-0.2, 0) is 11.4 Å². The summed E-state index contributed by atoms with van der Waals surface area (Å²) in [5.41, 5.74) is 2.31. The Bertz CT molecular complexity index is 1230. The lowest BCUT2D eigenvalue weighted by Gasteiger charge is -2.12. The Balaban J connectivity index is 1.78. The molecule has 0 saturated carbocycles. The highest BCUT2D eigenvalue weighted by molar-refractivity contribution is 9.11. The molecule has 0 unspecified atom stereocenters. The molecule has 162 valence electrons. The number of nitriles is 1. The minimum absolute atomic E-state index is 0.0457. The lowest BCUT2D eigenvalue weighted by Crippen LogP contribution is -2.13. The van der Waals surface area contributed by atoms with Gasteiger partial charge in [-0.15, -0.1) is 0 Å². The van der Waals surface area contributed by atoms with Crippen LogP contribution in [0.4, 0.5) is 10.1 Å². The molecule has 0 bridgehead atoms. The van der Waals surface area contributed by atoms with Gasteiger partial charge in [0.05, 0.1) is 8.95 Å². The minimum Gasteiger partial charge on any atom is -0.486 e. The van der Waals surface area contributed by atoms with E-state index >= 15 is 0 Å². The molecular formula is C24H16Br2ClFN2O2. The molecule has 3 rings (SSSR count). The van der Waals surface area contributed by atoms with E-state index in [2.05, 4.69) is 37.2 Å². The molecule has 4 nitrogen and oxygen atoms in total. The fourth-order valence-corrected chi connectivity index (χ4v) is 4.38. The molecule has 0 spiro atoms. The Labute approximate surface area is 206 Å². The second kappa shape index (κ2) is 10.8. The third-order valence-electron chi connectivity index (χ3n) is 4.46. The van der Waals surface area contributed by atoms with Crippen LogP contribution in [0.15, 0.2) is 69.1 Å².